The molecule has 1 amide bonds. The van der Waals surface area contributed by atoms with Crippen molar-refractivity contribution in [2.24, 2.45) is 11.7 Å². The molecule has 5 nitrogen and oxygen atoms in total. The van der Waals surface area contributed by atoms with Crippen LogP contribution in [0.4, 0.5) is 0 Å². The first-order valence-electron chi connectivity index (χ1n) is 4.72. The highest BCUT2D eigenvalue weighted by atomic mass is 32.2. The molecule has 80 valence electrons. The molecule has 2 fully saturated rings. The fraction of sp³-hybridized carbons (Fsp3) is 0.875. The second-order valence-corrected chi connectivity index (χ2v) is 6.50. The molecule has 0 aromatic carbocycles. The predicted molar refractivity (Wildman–Crippen MR) is 51.3 cm³/mol. The Bertz CT molecular complexity index is 357. The summed E-state index contributed by atoms with van der Waals surface area (Å²) in [4.78, 5) is 11.2. The molecule has 14 heavy (non-hydrogen) atoms. The summed E-state index contributed by atoms with van der Waals surface area (Å²) in [6.07, 6.45) is 0.905. The van der Waals surface area contributed by atoms with Gasteiger partial charge in [-0.1, -0.05) is 0 Å². The average Bonchev–Trinajstić information content (AvgIpc) is 2.61. The van der Waals surface area contributed by atoms with Crippen molar-refractivity contribution in [3.05, 3.63) is 0 Å². The van der Waals surface area contributed by atoms with Gasteiger partial charge in [-0.2, -0.15) is 0 Å². The maximum atomic E-state index is 11.9. The van der Waals surface area contributed by atoms with Crippen molar-refractivity contribution in [1.82, 2.24) is 5.32 Å². The number of sulfone groups is 1. The van der Waals surface area contributed by atoms with Crippen LogP contribution in [0.25, 0.3) is 0 Å². The van der Waals surface area contributed by atoms with Gasteiger partial charge in [0.25, 0.3) is 0 Å². The van der Waals surface area contributed by atoms with Crippen molar-refractivity contribution in [3.8, 4) is 0 Å². The Kier molecular flexibility index (Phi) is 2.08. The largest absolute Gasteiger partial charge is 0.369 e. The molecule has 0 aromatic heterocycles. The molecule has 0 radical (unpaired) electrons. The van der Waals surface area contributed by atoms with Crippen molar-refractivity contribution < 1.29 is 13.2 Å². The van der Waals surface area contributed by atoms with Crippen molar-refractivity contribution in [2.75, 3.05) is 18.8 Å². The quantitative estimate of drug-likeness (QED) is 0.569. The molecular formula is C8H14N2O3S. The number of hydrogen-bond acceptors (Lipinski definition) is 4. The van der Waals surface area contributed by atoms with Gasteiger partial charge in [-0.05, 0) is 19.4 Å². The second-order valence-electron chi connectivity index (χ2n) is 4.05. The predicted octanol–water partition coefficient (Wildman–Crippen LogP) is -1.36. The van der Waals surface area contributed by atoms with E-state index in [2.05, 4.69) is 5.32 Å². The number of nitrogens with two attached hydrogens (primary N) is 1. The van der Waals surface area contributed by atoms with Gasteiger partial charge in [0.05, 0.1) is 16.4 Å². The molecular weight excluding hydrogens is 204 g/mol. The van der Waals surface area contributed by atoms with E-state index in [1.165, 1.54) is 0 Å². The van der Waals surface area contributed by atoms with Crippen LogP contribution in [0.2, 0.25) is 0 Å². The first-order chi connectivity index (χ1) is 6.50. The molecule has 2 aliphatic rings. The number of rotatable bonds is 1. The molecule has 2 heterocycles. The zero-order valence-electron chi connectivity index (χ0n) is 7.82. The minimum Gasteiger partial charge on any atom is -0.369 e. The Morgan fingerprint density at radius 1 is 1.50 bits per heavy atom. The summed E-state index contributed by atoms with van der Waals surface area (Å²) in [5, 5.41) is 3.01. The van der Waals surface area contributed by atoms with Crippen molar-refractivity contribution in [2.45, 2.75) is 17.6 Å². The summed E-state index contributed by atoms with van der Waals surface area (Å²) < 4.78 is 22.8. The molecule has 2 unspecified atom stereocenters. The molecule has 1 spiro atoms. The summed E-state index contributed by atoms with van der Waals surface area (Å²) in [5.74, 6) is -0.875. The summed E-state index contributed by atoms with van der Waals surface area (Å²) in [6.45, 7) is 1.03. The highest BCUT2D eigenvalue weighted by molar-refractivity contribution is 7.93. The summed E-state index contributed by atoms with van der Waals surface area (Å²) >= 11 is 0. The first-order valence-corrected chi connectivity index (χ1v) is 6.37. The molecule has 2 atom stereocenters. The van der Waals surface area contributed by atoms with E-state index in [1.54, 1.807) is 0 Å². The van der Waals surface area contributed by atoms with Gasteiger partial charge >= 0.3 is 0 Å². The molecule has 0 aliphatic carbocycles. The van der Waals surface area contributed by atoms with Crippen molar-refractivity contribution in [3.63, 3.8) is 0 Å². The number of nitrogens with one attached hydrogen (secondary N) is 1. The van der Waals surface area contributed by atoms with Gasteiger partial charge < -0.3 is 11.1 Å². The lowest BCUT2D eigenvalue weighted by Gasteiger charge is -2.26. The molecule has 2 rings (SSSR count). The molecule has 0 aromatic rings. The third-order valence-corrected chi connectivity index (χ3v) is 6.07. The normalized spacial score (nSPS) is 40.4. The van der Waals surface area contributed by atoms with Crippen molar-refractivity contribution in [1.29, 1.82) is 0 Å². The molecule has 0 bridgehead atoms. The SMILES string of the molecule is NC(=O)C1CCS(=O)(=O)C12CCNC2. The second kappa shape index (κ2) is 2.93. The van der Waals surface area contributed by atoms with E-state index in [-0.39, 0.29) is 5.75 Å². The highest BCUT2D eigenvalue weighted by Gasteiger charge is 2.58. The van der Waals surface area contributed by atoms with E-state index in [0.29, 0.717) is 25.9 Å². The topological polar surface area (TPSA) is 89.3 Å². The molecule has 2 aliphatic heterocycles. The van der Waals surface area contributed by atoms with E-state index < -0.39 is 26.4 Å². The van der Waals surface area contributed by atoms with Crippen LogP contribution < -0.4 is 11.1 Å². The van der Waals surface area contributed by atoms with E-state index in [4.69, 9.17) is 5.73 Å². The van der Waals surface area contributed by atoms with Gasteiger partial charge in [-0.25, -0.2) is 8.42 Å². The number of carbonyl (C=O) groups is 1. The summed E-state index contributed by atoms with van der Waals surface area (Å²) in [7, 11) is -3.14. The van der Waals surface area contributed by atoms with E-state index in [1.807, 2.05) is 0 Å². The Morgan fingerprint density at radius 2 is 2.21 bits per heavy atom. The minimum absolute atomic E-state index is 0.0995. The van der Waals surface area contributed by atoms with E-state index >= 15 is 0 Å². The number of primary amides is 1. The fourth-order valence-electron chi connectivity index (χ4n) is 2.61. The van der Waals surface area contributed by atoms with Crippen LogP contribution in [0.5, 0.6) is 0 Å². The Morgan fingerprint density at radius 3 is 2.71 bits per heavy atom. The van der Waals surface area contributed by atoms with Gasteiger partial charge in [0.2, 0.25) is 5.91 Å². The van der Waals surface area contributed by atoms with Gasteiger partial charge in [-0.3, -0.25) is 4.79 Å². The van der Waals surface area contributed by atoms with Gasteiger partial charge in [0.15, 0.2) is 9.84 Å². The monoisotopic (exact) mass is 218 g/mol. The minimum atomic E-state index is -3.14. The van der Waals surface area contributed by atoms with Crippen LogP contribution in [0.3, 0.4) is 0 Å². The van der Waals surface area contributed by atoms with Crippen molar-refractivity contribution >= 4 is 15.7 Å². The number of carbonyl (C=O) groups excluding carboxylic acids is 1. The van der Waals surface area contributed by atoms with Crippen LogP contribution >= 0.6 is 0 Å². The highest BCUT2D eigenvalue weighted by Crippen LogP contribution is 2.41. The lowest BCUT2D eigenvalue weighted by Crippen LogP contribution is -2.47. The van der Waals surface area contributed by atoms with Crippen LogP contribution in [0, 0.1) is 5.92 Å². The lowest BCUT2D eigenvalue weighted by molar-refractivity contribution is -0.122. The van der Waals surface area contributed by atoms with Crippen LogP contribution in [0.1, 0.15) is 12.8 Å². The van der Waals surface area contributed by atoms with Gasteiger partial charge in [0.1, 0.15) is 0 Å². The third-order valence-electron chi connectivity index (χ3n) is 3.42. The van der Waals surface area contributed by atoms with E-state index in [9.17, 15) is 13.2 Å². The average molecular weight is 218 g/mol. The zero-order valence-corrected chi connectivity index (χ0v) is 8.64. The maximum Gasteiger partial charge on any atom is 0.222 e. The van der Waals surface area contributed by atoms with E-state index in [0.717, 1.165) is 0 Å². The van der Waals surface area contributed by atoms with Crippen LogP contribution in [-0.4, -0.2) is 37.9 Å². The number of hydrogen-bond donors (Lipinski definition) is 2. The fourth-order valence-corrected chi connectivity index (χ4v) is 4.96. The first kappa shape index (κ1) is 9.92. The Labute approximate surface area is 83.0 Å². The standard InChI is InChI=1S/C8H14N2O3S/c9-7(11)6-1-4-14(12,13)8(6)2-3-10-5-8/h6,10H,1-5H2,(H2,9,11). The Balaban J connectivity index is 2.44. The Hall–Kier alpha value is -0.620. The smallest absolute Gasteiger partial charge is 0.222 e. The zero-order chi connectivity index (χ0) is 10.4. The van der Waals surface area contributed by atoms with Gasteiger partial charge in [-0.15, -0.1) is 0 Å². The maximum absolute atomic E-state index is 11.9. The van der Waals surface area contributed by atoms with Gasteiger partial charge in [0, 0.05) is 6.54 Å². The molecule has 0 saturated carbocycles. The summed E-state index contributed by atoms with van der Waals surface area (Å²) in [5.41, 5.74) is 5.24. The molecule has 3 N–H and O–H groups in total. The third kappa shape index (κ3) is 1.10. The van der Waals surface area contributed by atoms with Crippen LogP contribution in [-0.2, 0) is 14.6 Å². The molecule has 2 saturated heterocycles. The lowest BCUT2D eigenvalue weighted by atomic mass is 9.88. The summed E-state index contributed by atoms with van der Waals surface area (Å²) in [6, 6.07) is 0. The number of amides is 1. The molecule has 6 heteroatoms. The van der Waals surface area contributed by atoms with Crippen LogP contribution in [0.15, 0.2) is 0 Å².